The molecule has 5 amide bonds. The van der Waals surface area contributed by atoms with Crippen molar-refractivity contribution < 1.29 is 33.4 Å². The van der Waals surface area contributed by atoms with Crippen LogP contribution in [0.25, 0.3) is 11.3 Å². The number of nitrogens with one attached hydrogen (secondary N) is 2. The Morgan fingerprint density at radius 1 is 0.863 bits per heavy atom. The Kier molecular flexibility index (Phi) is 14.2. The zero-order valence-corrected chi connectivity index (χ0v) is 30.6. The molecule has 0 saturated carbocycles. The van der Waals surface area contributed by atoms with Gasteiger partial charge in [0.25, 0.3) is 5.91 Å². The van der Waals surface area contributed by atoms with Crippen molar-refractivity contribution in [2.24, 2.45) is 0 Å². The van der Waals surface area contributed by atoms with Crippen LogP contribution in [0.15, 0.2) is 42.5 Å². The molecule has 2 aromatic rings. The van der Waals surface area contributed by atoms with E-state index in [2.05, 4.69) is 27.4 Å². The molecule has 2 aliphatic heterocycles. The van der Waals surface area contributed by atoms with Gasteiger partial charge in [0.05, 0.1) is 12.3 Å². The highest BCUT2D eigenvalue weighted by molar-refractivity contribution is 5.99. The Morgan fingerprint density at radius 3 is 2.16 bits per heavy atom. The normalized spacial score (nSPS) is 15.9. The minimum absolute atomic E-state index is 0.00395. The second-order valence-corrected chi connectivity index (χ2v) is 14.0. The van der Waals surface area contributed by atoms with E-state index in [1.807, 2.05) is 37.4 Å². The SMILES string of the molecule is CCCCCOC(=O)N1CCN(C(=O)[C@H](CCC(=O)OC(C)(C)C)NC(=O)c2cc(NC(=O)N3CCN(C)CC3)cc(-c3ccccc3)n2)CC1. The number of carbonyl (C=O) groups is 5. The second kappa shape index (κ2) is 18.5. The summed E-state index contributed by atoms with van der Waals surface area (Å²) < 4.78 is 10.9. The van der Waals surface area contributed by atoms with Gasteiger partial charge < -0.3 is 39.7 Å². The van der Waals surface area contributed by atoms with Gasteiger partial charge in [-0.2, -0.15) is 0 Å². The van der Waals surface area contributed by atoms with Gasteiger partial charge in [-0.25, -0.2) is 14.6 Å². The van der Waals surface area contributed by atoms with E-state index in [0.717, 1.165) is 37.9 Å². The highest BCUT2D eigenvalue weighted by Crippen LogP contribution is 2.23. The molecule has 4 rings (SSSR count). The molecule has 0 aliphatic carbocycles. The third-order valence-electron chi connectivity index (χ3n) is 8.65. The molecule has 2 aliphatic rings. The summed E-state index contributed by atoms with van der Waals surface area (Å²) in [7, 11) is 2.01. The molecule has 51 heavy (non-hydrogen) atoms. The predicted molar refractivity (Wildman–Crippen MR) is 193 cm³/mol. The van der Waals surface area contributed by atoms with Crippen molar-refractivity contribution in [1.29, 1.82) is 0 Å². The van der Waals surface area contributed by atoms with Crippen molar-refractivity contribution in [1.82, 2.24) is 29.9 Å². The summed E-state index contributed by atoms with van der Waals surface area (Å²) in [6, 6.07) is 11.1. The van der Waals surface area contributed by atoms with Crippen molar-refractivity contribution >= 4 is 35.6 Å². The standard InChI is InChI=1S/C37H53N7O7/c1-6-7-11-24-50-36(49)44-22-20-42(21-23-44)34(47)29(14-15-32(45)51-37(2,3)4)40-33(46)31-26-28(25-30(39-31)27-12-9-8-10-13-27)38-35(48)43-18-16-41(5)17-19-43/h8-10,12-13,25-26,29H,6-7,11,14-24H2,1-5H3,(H,40,46)(H,38,39,48)/t29-/m0/s1. The first-order valence-corrected chi connectivity index (χ1v) is 17.9. The molecule has 1 atom stereocenters. The Balaban J connectivity index is 1.51. The van der Waals surface area contributed by atoms with Gasteiger partial charge in [0.1, 0.15) is 17.3 Å². The van der Waals surface area contributed by atoms with Gasteiger partial charge in [0, 0.05) is 70.0 Å². The summed E-state index contributed by atoms with van der Waals surface area (Å²) in [5.41, 5.74) is 0.865. The van der Waals surface area contributed by atoms with E-state index in [0.29, 0.717) is 31.1 Å². The molecule has 0 radical (unpaired) electrons. The number of urea groups is 1. The number of amides is 5. The molecule has 2 saturated heterocycles. The minimum atomic E-state index is -1.08. The van der Waals surface area contributed by atoms with E-state index in [4.69, 9.17) is 9.47 Å². The molecule has 1 aromatic heterocycles. The van der Waals surface area contributed by atoms with Crippen LogP contribution in [0.4, 0.5) is 15.3 Å². The molecule has 0 unspecified atom stereocenters. The average molecular weight is 708 g/mol. The lowest BCUT2D eigenvalue weighted by molar-refractivity contribution is -0.155. The topological polar surface area (TPSA) is 154 Å². The Bertz CT molecular complexity index is 1500. The Morgan fingerprint density at radius 2 is 1.51 bits per heavy atom. The number of ether oxygens (including phenoxy) is 2. The molecule has 2 fully saturated rings. The first-order valence-electron chi connectivity index (χ1n) is 17.9. The predicted octanol–water partition coefficient (Wildman–Crippen LogP) is 4.22. The number of rotatable bonds is 12. The summed E-state index contributed by atoms with van der Waals surface area (Å²) in [6.45, 7) is 11.4. The zero-order valence-electron chi connectivity index (χ0n) is 30.6. The van der Waals surface area contributed by atoms with Crippen molar-refractivity contribution in [3.8, 4) is 11.3 Å². The lowest BCUT2D eigenvalue weighted by Crippen LogP contribution is -2.56. The molecule has 3 heterocycles. The van der Waals surface area contributed by atoms with Crippen LogP contribution in [0, 0.1) is 0 Å². The quantitative estimate of drug-likeness (QED) is 0.244. The third kappa shape index (κ3) is 12.2. The smallest absolute Gasteiger partial charge is 0.409 e. The summed E-state index contributed by atoms with van der Waals surface area (Å²) in [6.07, 6.45) is 2.27. The van der Waals surface area contributed by atoms with Crippen LogP contribution in [0.1, 0.15) is 70.3 Å². The largest absolute Gasteiger partial charge is 0.460 e. The maximum Gasteiger partial charge on any atom is 0.409 e. The van der Waals surface area contributed by atoms with Gasteiger partial charge in [-0.05, 0) is 52.8 Å². The molecule has 0 bridgehead atoms. The number of benzene rings is 1. The van der Waals surface area contributed by atoms with Gasteiger partial charge in [-0.3, -0.25) is 14.4 Å². The van der Waals surface area contributed by atoms with E-state index in [1.54, 1.807) is 41.5 Å². The van der Waals surface area contributed by atoms with Gasteiger partial charge in [0.15, 0.2) is 0 Å². The number of piperazine rings is 2. The van der Waals surface area contributed by atoms with E-state index < -0.39 is 29.6 Å². The number of hydrogen-bond acceptors (Lipinski definition) is 9. The van der Waals surface area contributed by atoms with Crippen molar-refractivity contribution in [2.75, 3.05) is 71.3 Å². The average Bonchev–Trinajstić information content (AvgIpc) is 3.11. The minimum Gasteiger partial charge on any atom is -0.460 e. The van der Waals surface area contributed by atoms with Gasteiger partial charge >= 0.3 is 18.1 Å². The Labute approximate surface area is 300 Å². The van der Waals surface area contributed by atoms with Gasteiger partial charge in [-0.1, -0.05) is 50.1 Å². The number of hydrogen-bond donors (Lipinski definition) is 2. The number of pyridine rings is 1. The van der Waals surface area contributed by atoms with Gasteiger partial charge in [0.2, 0.25) is 5.91 Å². The van der Waals surface area contributed by atoms with E-state index >= 15 is 0 Å². The molecule has 14 heteroatoms. The van der Waals surface area contributed by atoms with E-state index in [1.165, 1.54) is 6.07 Å². The van der Waals surface area contributed by atoms with Crippen LogP contribution in [0.2, 0.25) is 0 Å². The molecule has 0 spiro atoms. The van der Waals surface area contributed by atoms with Crippen LogP contribution in [0.5, 0.6) is 0 Å². The first kappa shape index (κ1) is 39.1. The fraction of sp³-hybridized carbons (Fsp3) is 0.568. The fourth-order valence-corrected chi connectivity index (χ4v) is 5.76. The first-order chi connectivity index (χ1) is 24.3. The number of aromatic nitrogens is 1. The Hall–Kier alpha value is -4.72. The van der Waals surface area contributed by atoms with E-state index in [9.17, 15) is 24.0 Å². The molecule has 1 aromatic carbocycles. The van der Waals surface area contributed by atoms with Gasteiger partial charge in [-0.15, -0.1) is 0 Å². The lowest BCUT2D eigenvalue weighted by Gasteiger charge is -2.36. The highest BCUT2D eigenvalue weighted by atomic mass is 16.6. The number of carbonyl (C=O) groups excluding carboxylic acids is 5. The maximum absolute atomic E-state index is 13.9. The van der Waals surface area contributed by atoms with Crippen molar-refractivity contribution in [3.63, 3.8) is 0 Å². The molecular weight excluding hydrogens is 654 g/mol. The molecule has 14 nitrogen and oxygen atoms in total. The fourth-order valence-electron chi connectivity index (χ4n) is 5.76. The number of likely N-dealkylation sites (N-methyl/N-ethyl adjacent to an activating group) is 1. The monoisotopic (exact) mass is 707 g/mol. The molecule has 278 valence electrons. The molecule has 2 N–H and O–H groups in total. The van der Waals surface area contributed by atoms with E-state index in [-0.39, 0.29) is 56.7 Å². The van der Waals surface area contributed by atoms with Crippen LogP contribution in [-0.2, 0) is 19.1 Å². The number of anilines is 1. The molecular formula is C37H53N7O7. The number of esters is 1. The lowest BCUT2D eigenvalue weighted by atomic mass is 10.1. The second-order valence-electron chi connectivity index (χ2n) is 14.0. The maximum atomic E-state index is 13.9. The van der Waals surface area contributed by atoms with Crippen molar-refractivity contribution in [2.45, 2.75) is 71.4 Å². The summed E-state index contributed by atoms with van der Waals surface area (Å²) in [4.78, 5) is 77.9. The summed E-state index contributed by atoms with van der Waals surface area (Å²) >= 11 is 0. The van der Waals surface area contributed by atoms with Crippen LogP contribution in [0.3, 0.4) is 0 Å². The summed E-state index contributed by atoms with van der Waals surface area (Å²) in [5.74, 6) is -1.52. The number of unbranched alkanes of at least 4 members (excludes halogenated alkanes) is 2. The van der Waals surface area contributed by atoms with Crippen molar-refractivity contribution in [3.05, 3.63) is 48.2 Å². The highest BCUT2D eigenvalue weighted by Gasteiger charge is 2.32. The van der Waals surface area contributed by atoms with Crippen LogP contribution in [-0.4, -0.2) is 132 Å². The zero-order chi connectivity index (χ0) is 37.0. The summed E-state index contributed by atoms with van der Waals surface area (Å²) in [5, 5.41) is 5.74. The van der Waals surface area contributed by atoms with Crippen LogP contribution < -0.4 is 10.6 Å². The van der Waals surface area contributed by atoms with Crippen LogP contribution >= 0.6 is 0 Å². The number of nitrogens with zero attached hydrogens (tertiary/aromatic N) is 5. The third-order valence-corrected chi connectivity index (χ3v) is 8.65.